The first-order valence-corrected chi connectivity index (χ1v) is 8.28. The molecule has 0 spiro atoms. The van der Waals surface area contributed by atoms with Crippen molar-refractivity contribution < 1.29 is 0 Å². The molecule has 1 heterocycles. The summed E-state index contributed by atoms with van der Waals surface area (Å²) in [5, 5.41) is 5.10. The summed E-state index contributed by atoms with van der Waals surface area (Å²) in [4.78, 5) is 7.91. The first-order valence-electron chi connectivity index (χ1n) is 5.29. The van der Waals surface area contributed by atoms with Crippen LogP contribution in [0.2, 0.25) is 10.3 Å². The Morgan fingerprint density at radius 1 is 1.17 bits per heavy atom. The zero-order valence-electron chi connectivity index (χ0n) is 9.98. The van der Waals surface area contributed by atoms with E-state index in [0.29, 0.717) is 10.8 Å². The van der Waals surface area contributed by atoms with Crippen LogP contribution in [0.15, 0.2) is 30.5 Å². The Balaban J connectivity index is 2.37. The number of nitrogens with one attached hydrogen (secondary N) is 1. The Bertz CT molecular complexity index is 561. The van der Waals surface area contributed by atoms with Crippen LogP contribution >= 0.6 is 31.1 Å². The number of rotatable bonds is 3. The summed E-state index contributed by atoms with van der Waals surface area (Å²) in [6, 6.07) is 8.10. The van der Waals surface area contributed by atoms with Gasteiger partial charge in [-0.2, -0.15) is 4.98 Å². The third kappa shape index (κ3) is 3.11. The number of anilines is 2. The fourth-order valence-electron chi connectivity index (χ4n) is 1.53. The van der Waals surface area contributed by atoms with E-state index in [-0.39, 0.29) is 13.2 Å². The summed E-state index contributed by atoms with van der Waals surface area (Å²) in [5.41, 5.74) is 1.00. The molecule has 0 unspecified atom stereocenters. The van der Waals surface area contributed by atoms with Crippen molar-refractivity contribution in [3.8, 4) is 0 Å². The SMILES string of the molecule is CP(C)c1ccccc1Nc1nc(Cl)ncc1Cl. The van der Waals surface area contributed by atoms with Crippen LogP contribution in [-0.2, 0) is 0 Å². The normalized spacial score (nSPS) is 10.7. The maximum Gasteiger partial charge on any atom is 0.224 e. The fraction of sp³-hybridized carbons (Fsp3) is 0.167. The van der Waals surface area contributed by atoms with Gasteiger partial charge in [0.2, 0.25) is 5.28 Å². The molecule has 1 aromatic heterocycles. The highest BCUT2D eigenvalue weighted by atomic mass is 35.5. The lowest BCUT2D eigenvalue weighted by Gasteiger charge is -2.14. The topological polar surface area (TPSA) is 37.8 Å². The van der Waals surface area contributed by atoms with Crippen LogP contribution in [0.25, 0.3) is 0 Å². The van der Waals surface area contributed by atoms with Crippen molar-refractivity contribution in [2.24, 2.45) is 0 Å². The molecule has 0 bridgehead atoms. The monoisotopic (exact) mass is 299 g/mol. The molecule has 2 rings (SSSR count). The molecule has 0 aliphatic rings. The number of hydrogen-bond acceptors (Lipinski definition) is 3. The second kappa shape index (κ2) is 5.83. The third-order valence-electron chi connectivity index (χ3n) is 2.35. The molecular formula is C12H12Cl2N3P. The van der Waals surface area contributed by atoms with Crippen molar-refractivity contribution in [1.29, 1.82) is 0 Å². The van der Waals surface area contributed by atoms with Crippen molar-refractivity contribution in [2.75, 3.05) is 18.6 Å². The molecule has 0 atom stereocenters. The minimum Gasteiger partial charge on any atom is -0.338 e. The van der Waals surface area contributed by atoms with Crippen LogP contribution in [0.3, 0.4) is 0 Å². The van der Waals surface area contributed by atoms with Crippen molar-refractivity contribution in [1.82, 2.24) is 9.97 Å². The fourth-order valence-corrected chi connectivity index (χ4v) is 2.80. The van der Waals surface area contributed by atoms with Crippen LogP contribution in [-0.4, -0.2) is 23.3 Å². The van der Waals surface area contributed by atoms with Crippen molar-refractivity contribution in [3.05, 3.63) is 40.8 Å². The third-order valence-corrected chi connectivity index (χ3v) is 4.17. The number of halogens is 2. The van der Waals surface area contributed by atoms with Crippen molar-refractivity contribution in [3.63, 3.8) is 0 Å². The van der Waals surface area contributed by atoms with E-state index in [1.807, 2.05) is 18.2 Å². The smallest absolute Gasteiger partial charge is 0.224 e. The molecular weight excluding hydrogens is 288 g/mol. The average molecular weight is 300 g/mol. The van der Waals surface area contributed by atoms with Gasteiger partial charge in [0.05, 0.1) is 6.20 Å². The van der Waals surface area contributed by atoms with Gasteiger partial charge in [-0.25, -0.2) is 4.98 Å². The predicted molar refractivity (Wildman–Crippen MR) is 80.2 cm³/mol. The minimum atomic E-state index is -0.212. The van der Waals surface area contributed by atoms with Gasteiger partial charge < -0.3 is 5.32 Å². The van der Waals surface area contributed by atoms with Crippen molar-refractivity contribution in [2.45, 2.75) is 0 Å². The Hall–Kier alpha value is -0.890. The number of hydrogen-bond donors (Lipinski definition) is 1. The summed E-state index contributed by atoms with van der Waals surface area (Å²) in [7, 11) is -0.212. The van der Waals surface area contributed by atoms with Gasteiger partial charge in [0, 0.05) is 5.69 Å². The highest BCUT2D eigenvalue weighted by molar-refractivity contribution is 7.64. The molecule has 0 aliphatic carbocycles. The zero-order valence-corrected chi connectivity index (χ0v) is 12.4. The first kappa shape index (κ1) is 13.5. The van der Waals surface area contributed by atoms with E-state index in [0.717, 1.165) is 5.69 Å². The highest BCUT2D eigenvalue weighted by Gasteiger charge is 2.09. The van der Waals surface area contributed by atoms with E-state index in [1.165, 1.54) is 11.5 Å². The van der Waals surface area contributed by atoms with E-state index in [4.69, 9.17) is 23.2 Å². The summed E-state index contributed by atoms with van der Waals surface area (Å²) < 4.78 is 0. The predicted octanol–water partition coefficient (Wildman–Crippen LogP) is 3.89. The molecule has 0 amide bonds. The molecule has 0 saturated carbocycles. The molecule has 3 nitrogen and oxygen atoms in total. The van der Waals surface area contributed by atoms with E-state index in [1.54, 1.807) is 0 Å². The second-order valence-corrected chi connectivity index (χ2v) is 6.89. The lowest BCUT2D eigenvalue weighted by Crippen LogP contribution is -2.08. The standard InChI is InChI=1S/C12H12Cl2N3P/c1-18(2)10-6-4-3-5-9(10)16-11-8(13)7-15-12(14)17-11/h3-7H,1-2H3,(H,15,16,17). The lowest BCUT2D eigenvalue weighted by atomic mass is 10.3. The molecule has 1 aromatic carbocycles. The van der Waals surface area contributed by atoms with Gasteiger partial charge in [-0.15, -0.1) is 0 Å². The van der Waals surface area contributed by atoms with Crippen molar-refractivity contribution >= 4 is 47.9 Å². The molecule has 18 heavy (non-hydrogen) atoms. The molecule has 0 aliphatic heterocycles. The average Bonchev–Trinajstić information content (AvgIpc) is 2.34. The molecule has 6 heteroatoms. The van der Waals surface area contributed by atoms with Gasteiger partial charge >= 0.3 is 0 Å². The minimum absolute atomic E-state index is 0.176. The Kier molecular flexibility index (Phi) is 4.39. The van der Waals surface area contributed by atoms with Crippen LogP contribution in [0.4, 0.5) is 11.5 Å². The van der Waals surface area contributed by atoms with Crippen LogP contribution in [0.1, 0.15) is 0 Å². The Morgan fingerprint density at radius 3 is 2.61 bits per heavy atom. The van der Waals surface area contributed by atoms with E-state index < -0.39 is 0 Å². The number of nitrogens with zero attached hydrogens (tertiary/aromatic N) is 2. The number of benzene rings is 1. The van der Waals surface area contributed by atoms with Crippen LogP contribution in [0.5, 0.6) is 0 Å². The van der Waals surface area contributed by atoms with E-state index in [2.05, 4.69) is 34.7 Å². The summed E-state index contributed by atoms with van der Waals surface area (Å²) >= 11 is 11.8. The molecule has 94 valence electrons. The molecule has 0 saturated heterocycles. The van der Waals surface area contributed by atoms with Crippen LogP contribution in [0, 0.1) is 0 Å². The van der Waals surface area contributed by atoms with Gasteiger partial charge in [-0.3, -0.25) is 0 Å². The van der Waals surface area contributed by atoms with E-state index in [9.17, 15) is 0 Å². The number of para-hydroxylation sites is 1. The van der Waals surface area contributed by atoms with Gasteiger partial charge in [-0.05, 0) is 36.3 Å². The van der Waals surface area contributed by atoms with Gasteiger partial charge in [0.15, 0.2) is 5.82 Å². The second-order valence-electron chi connectivity index (χ2n) is 3.87. The first-order chi connectivity index (χ1) is 8.58. The highest BCUT2D eigenvalue weighted by Crippen LogP contribution is 2.30. The largest absolute Gasteiger partial charge is 0.338 e. The van der Waals surface area contributed by atoms with Gasteiger partial charge in [0.1, 0.15) is 5.02 Å². The van der Waals surface area contributed by atoms with Gasteiger partial charge in [0.25, 0.3) is 0 Å². The van der Waals surface area contributed by atoms with Crippen LogP contribution < -0.4 is 10.6 Å². The summed E-state index contributed by atoms with van der Waals surface area (Å²) in [5.74, 6) is 0.529. The Morgan fingerprint density at radius 2 is 1.89 bits per heavy atom. The maximum atomic E-state index is 6.04. The molecule has 0 radical (unpaired) electrons. The Labute approximate surface area is 117 Å². The van der Waals surface area contributed by atoms with Gasteiger partial charge in [-0.1, -0.05) is 37.7 Å². The zero-order chi connectivity index (χ0) is 13.1. The lowest BCUT2D eigenvalue weighted by molar-refractivity contribution is 1.17. The maximum absolute atomic E-state index is 6.04. The summed E-state index contributed by atoms with van der Waals surface area (Å²) in [6.07, 6.45) is 1.49. The van der Waals surface area contributed by atoms with E-state index >= 15 is 0 Å². The molecule has 2 aromatic rings. The summed E-state index contributed by atoms with van der Waals surface area (Å²) in [6.45, 7) is 4.40. The molecule has 0 fully saturated rings. The number of aromatic nitrogens is 2. The quantitative estimate of drug-likeness (QED) is 0.690. The molecule has 1 N–H and O–H groups in total.